The molecule has 37 heavy (non-hydrogen) atoms. The third-order valence-corrected chi connectivity index (χ3v) is 7.64. The molecule has 0 unspecified atom stereocenters. The Labute approximate surface area is 218 Å². The smallest absolute Gasteiger partial charge is 0.245 e. The highest BCUT2D eigenvalue weighted by Gasteiger charge is 2.61. The van der Waals surface area contributed by atoms with Crippen molar-refractivity contribution in [3.63, 3.8) is 0 Å². The number of anilines is 2. The zero-order valence-electron chi connectivity index (χ0n) is 20.2. The van der Waals surface area contributed by atoms with Gasteiger partial charge in [-0.25, -0.2) is 4.39 Å². The van der Waals surface area contributed by atoms with E-state index in [-0.39, 0.29) is 28.4 Å². The van der Waals surface area contributed by atoms with Crippen molar-refractivity contribution < 1.29 is 14.0 Å². The summed E-state index contributed by atoms with van der Waals surface area (Å²) in [6.45, 7) is 4.00. The average Bonchev–Trinajstić information content (AvgIpc) is 3.47. The van der Waals surface area contributed by atoms with Crippen LogP contribution >= 0.6 is 11.6 Å². The van der Waals surface area contributed by atoms with Crippen LogP contribution in [0.15, 0.2) is 83.8 Å². The molecule has 1 aromatic heterocycles. The van der Waals surface area contributed by atoms with E-state index in [4.69, 9.17) is 11.6 Å². The maximum atomic E-state index is 14.2. The predicted molar refractivity (Wildman–Crippen MR) is 139 cm³/mol. The number of halogens is 2. The zero-order chi connectivity index (χ0) is 26.1. The standard InChI is InChI=1S/C29H22ClFN4O2/c1-28(2)14-23-25(24(36)15-28)29(18-7-3-4-8-22(18)33-27(29)37)19(16-32)26(34-11-5-6-12-34)35(23)17-9-10-21(31)20(30)13-17/h3-13H,14-15H2,1-2H3,(H,33,37)/t29-/m1/s1. The number of carbonyl (C=O) groups excluding carboxylic acids is 2. The molecule has 1 atom stereocenters. The highest BCUT2D eigenvalue weighted by atomic mass is 35.5. The molecule has 6 rings (SSSR count). The summed E-state index contributed by atoms with van der Waals surface area (Å²) in [7, 11) is 0. The number of hydrogen-bond donors (Lipinski definition) is 1. The van der Waals surface area contributed by atoms with Crippen LogP contribution in [0.25, 0.3) is 5.82 Å². The number of hydrogen-bond acceptors (Lipinski definition) is 4. The first-order chi connectivity index (χ1) is 17.7. The van der Waals surface area contributed by atoms with Gasteiger partial charge in [0.2, 0.25) is 5.91 Å². The van der Waals surface area contributed by atoms with Gasteiger partial charge in [-0.15, -0.1) is 0 Å². The van der Waals surface area contributed by atoms with Crippen LogP contribution in [0, 0.1) is 22.6 Å². The van der Waals surface area contributed by atoms with Gasteiger partial charge in [-0.05, 0) is 48.2 Å². The highest BCUT2D eigenvalue weighted by Crippen LogP contribution is 2.58. The van der Waals surface area contributed by atoms with Gasteiger partial charge >= 0.3 is 0 Å². The zero-order valence-corrected chi connectivity index (χ0v) is 20.9. The van der Waals surface area contributed by atoms with Crippen LogP contribution in [0.1, 0.15) is 32.3 Å². The molecule has 2 aliphatic heterocycles. The number of ketones is 1. The van der Waals surface area contributed by atoms with Gasteiger partial charge < -0.3 is 9.88 Å². The second kappa shape index (κ2) is 7.92. The number of para-hydroxylation sites is 1. The van der Waals surface area contributed by atoms with Gasteiger partial charge in [0, 0.05) is 47.0 Å². The third-order valence-electron chi connectivity index (χ3n) is 7.35. The molecule has 1 amide bonds. The van der Waals surface area contributed by atoms with E-state index in [9.17, 15) is 19.2 Å². The maximum Gasteiger partial charge on any atom is 0.245 e. The molecular formula is C29H22ClFN4O2. The number of aromatic nitrogens is 1. The molecule has 0 radical (unpaired) electrons. The lowest BCUT2D eigenvalue weighted by atomic mass is 9.60. The van der Waals surface area contributed by atoms with Crippen molar-refractivity contribution >= 4 is 40.5 Å². The number of nitrogens with one attached hydrogen (secondary N) is 1. The maximum absolute atomic E-state index is 14.2. The molecule has 8 heteroatoms. The molecule has 1 N–H and O–H groups in total. The Morgan fingerprint density at radius 3 is 2.49 bits per heavy atom. The van der Waals surface area contributed by atoms with Gasteiger partial charge in [0.1, 0.15) is 23.1 Å². The van der Waals surface area contributed by atoms with Crippen LogP contribution < -0.4 is 10.2 Å². The lowest BCUT2D eigenvalue weighted by molar-refractivity contribution is -0.123. The Kier molecular flexibility index (Phi) is 4.98. The van der Waals surface area contributed by atoms with E-state index in [1.54, 1.807) is 52.2 Å². The number of Topliss-reactive ketones (excluding diaryl/α,β-unsaturated/α-hetero) is 1. The largest absolute Gasteiger partial charge is 0.324 e. The number of allylic oxidation sites excluding steroid dienone is 1. The topological polar surface area (TPSA) is 78.1 Å². The van der Waals surface area contributed by atoms with Gasteiger partial charge in [0.25, 0.3) is 0 Å². The Morgan fingerprint density at radius 2 is 1.78 bits per heavy atom. The minimum atomic E-state index is -1.62. The number of rotatable bonds is 2. The molecular weight excluding hydrogens is 491 g/mol. The fourth-order valence-corrected chi connectivity index (χ4v) is 6.12. The second-order valence-electron chi connectivity index (χ2n) is 10.3. The first-order valence-electron chi connectivity index (χ1n) is 11.9. The first kappa shape index (κ1) is 23.3. The molecule has 3 heterocycles. The van der Waals surface area contributed by atoms with Crippen molar-refractivity contribution in [2.45, 2.75) is 32.1 Å². The number of carbonyl (C=O) groups is 2. The van der Waals surface area contributed by atoms with E-state index >= 15 is 0 Å². The Morgan fingerprint density at radius 1 is 1.05 bits per heavy atom. The van der Waals surface area contributed by atoms with Crippen molar-refractivity contribution in [2.24, 2.45) is 5.41 Å². The molecule has 184 valence electrons. The molecule has 3 aromatic rings. The normalized spacial score (nSPS) is 22.2. The van der Waals surface area contributed by atoms with Crippen molar-refractivity contribution in [1.29, 1.82) is 5.26 Å². The van der Waals surface area contributed by atoms with Gasteiger partial charge in [-0.2, -0.15) is 5.26 Å². The molecule has 0 saturated carbocycles. The minimum Gasteiger partial charge on any atom is -0.324 e. The molecule has 0 fully saturated rings. The molecule has 0 saturated heterocycles. The van der Waals surface area contributed by atoms with E-state index in [2.05, 4.69) is 11.4 Å². The van der Waals surface area contributed by atoms with E-state index < -0.39 is 22.6 Å². The van der Waals surface area contributed by atoms with Crippen molar-refractivity contribution in [3.05, 3.63) is 100 Å². The summed E-state index contributed by atoms with van der Waals surface area (Å²) in [6, 6.07) is 17.4. The van der Waals surface area contributed by atoms with Crippen molar-refractivity contribution in [3.8, 4) is 6.07 Å². The van der Waals surface area contributed by atoms with Crippen LogP contribution in [0.5, 0.6) is 0 Å². The predicted octanol–water partition coefficient (Wildman–Crippen LogP) is 6.03. The number of nitrogens with zero attached hydrogens (tertiary/aromatic N) is 3. The number of fused-ring (bicyclic) bond motifs is 3. The molecule has 3 aliphatic rings. The van der Waals surface area contributed by atoms with E-state index in [1.807, 2.05) is 26.0 Å². The van der Waals surface area contributed by atoms with Crippen molar-refractivity contribution in [1.82, 2.24) is 4.57 Å². The van der Waals surface area contributed by atoms with E-state index in [0.717, 1.165) is 0 Å². The summed E-state index contributed by atoms with van der Waals surface area (Å²) in [6.07, 6.45) is 4.22. The Hall–Kier alpha value is -4.15. The monoisotopic (exact) mass is 512 g/mol. The molecule has 1 aliphatic carbocycles. The summed E-state index contributed by atoms with van der Waals surface area (Å²) in [4.78, 5) is 29.8. The van der Waals surface area contributed by atoms with Crippen LogP contribution in [0.3, 0.4) is 0 Å². The van der Waals surface area contributed by atoms with Gasteiger partial charge in [0.15, 0.2) is 5.78 Å². The van der Waals surface area contributed by atoms with Crippen LogP contribution in [0.2, 0.25) is 5.02 Å². The SMILES string of the molecule is CC1(C)CC(=O)C2=C(C1)N(c1ccc(F)c(Cl)c1)C(n1cccc1)=C(C#N)[C@@]21C(=O)Nc2ccccc21. The van der Waals surface area contributed by atoms with Gasteiger partial charge in [-0.1, -0.05) is 43.6 Å². The lowest BCUT2D eigenvalue weighted by Crippen LogP contribution is -2.51. The number of benzene rings is 2. The number of nitriles is 1. The molecule has 0 bridgehead atoms. The van der Waals surface area contributed by atoms with Crippen LogP contribution in [-0.2, 0) is 15.0 Å². The summed E-state index contributed by atoms with van der Waals surface area (Å²) in [5.41, 5.74) is 0.573. The fourth-order valence-electron chi connectivity index (χ4n) is 5.95. The molecule has 1 spiro atoms. The highest BCUT2D eigenvalue weighted by molar-refractivity contribution is 6.31. The van der Waals surface area contributed by atoms with E-state index in [0.29, 0.717) is 34.9 Å². The summed E-state index contributed by atoms with van der Waals surface area (Å²) < 4.78 is 16.0. The Bertz CT molecular complexity index is 1610. The van der Waals surface area contributed by atoms with Gasteiger partial charge in [-0.3, -0.25) is 14.5 Å². The quantitative estimate of drug-likeness (QED) is 0.455. The van der Waals surface area contributed by atoms with Gasteiger partial charge in [0.05, 0.1) is 10.6 Å². The Balaban J connectivity index is 1.79. The van der Waals surface area contributed by atoms with Crippen LogP contribution in [-0.4, -0.2) is 16.3 Å². The molecule has 6 nitrogen and oxygen atoms in total. The minimum absolute atomic E-state index is 0.0874. The van der Waals surface area contributed by atoms with Crippen molar-refractivity contribution in [2.75, 3.05) is 10.2 Å². The lowest BCUT2D eigenvalue weighted by Gasteiger charge is -2.47. The molecule has 2 aromatic carbocycles. The third kappa shape index (κ3) is 3.15. The average molecular weight is 513 g/mol. The number of amides is 1. The van der Waals surface area contributed by atoms with Crippen LogP contribution in [0.4, 0.5) is 15.8 Å². The van der Waals surface area contributed by atoms with E-state index in [1.165, 1.54) is 12.1 Å². The summed E-state index contributed by atoms with van der Waals surface area (Å²) >= 11 is 6.21. The fraction of sp³-hybridized carbons (Fsp3) is 0.207. The second-order valence-corrected chi connectivity index (χ2v) is 10.8. The summed E-state index contributed by atoms with van der Waals surface area (Å²) in [5.74, 6) is -0.821. The first-order valence-corrected chi connectivity index (χ1v) is 12.3. The summed E-state index contributed by atoms with van der Waals surface area (Å²) in [5, 5.41) is 13.6.